The van der Waals surface area contributed by atoms with E-state index in [1.54, 1.807) is 18.2 Å². The molecule has 1 heterocycles. The van der Waals surface area contributed by atoms with Crippen LogP contribution in [-0.2, 0) is 11.3 Å². The minimum Gasteiger partial charge on any atom is -0.497 e. The van der Waals surface area contributed by atoms with E-state index in [1.165, 1.54) is 17.3 Å². The zero-order valence-electron chi connectivity index (χ0n) is 15.8. The van der Waals surface area contributed by atoms with Gasteiger partial charge in [0.2, 0.25) is 5.91 Å². The number of ether oxygens (including phenoxy) is 1. The first kappa shape index (κ1) is 19.2. The normalized spacial score (nSPS) is 18.6. The van der Waals surface area contributed by atoms with Crippen molar-refractivity contribution in [3.05, 3.63) is 65.2 Å². The highest BCUT2D eigenvalue weighted by atomic mass is 32.2. The van der Waals surface area contributed by atoms with E-state index in [9.17, 15) is 4.79 Å². The second-order valence-electron chi connectivity index (χ2n) is 6.33. The van der Waals surface area contributed by atoms with Gasteiger partial charge in [-0.15, -0.1) is 5.10 Å². The fourth-order valence-corrected chi connectivity index (χ4v) is 3.73. The molecule has 1 atom stereocenters. The van der Waals surface area contributed by atoms with Crippen molar-refractivity contribution in [3.63, 3.8) is 0 Å². The molecule has 0 radical (unpaired) electrons. The molecule has 1 saturated heterocycles. The van der Waals surface area contributed by atoms with Gasteiger partial charge in [0.15, 0.2) is 5.17 Å². The summed E-state index contributed by atoms with van der Waals surface area (Å²) in [7, 11) is 1.64. The van der Waals surface area contributed by atoms with Crippen LogP contribution in [0.5, 0.6) is 5.75 Å². The van der Waals surface area contributed by atoms with Crippen LogP contribution in [0.15, 0.2) is 58.7 Å². The Hall–Kier alpha value is -2.60. The number of carbonyl (C=O) groups excluding carboxylic acids is 1. The Kier molecular flexibility index (Phi) is 6.29. The molecule has 1 aliphatic rings. The lowest BCUT2D eigenvalue weighted by Crippen LogP contribution is -2.31. The Morgan fingerprint density at radius 2 is 1.85 bits per heavy atom. The molecule has 5 nitrogen and oxygen atoms in total. The largest absolute Gasteiger partial charge is 0.497 e. The summed E-state index contributed by atoms with van der Waals surface area (Å²) in [5.41, 5.74) is 3.21. The summed E-state index contributed by atoms with van der Waals surface area (Å²) in [6.07, 6.45) is 2.48. The molecular weight excluding hydrogens is 358 g/mol. The molecule has 0 saturated carbocycles. The molecule has 27 heavy (non-hydrogen) atoms. The lowest BCUT2D eigenvalue weighted by molar-refractivity contribution is -0.126. The molecule has 0 bridgehead atoms. The second kappa shape index (κ2) is 8.86. The number of methoxy groups -OCH3 is 1. The third-order valence-corrected chi connectivity index (χ3v) is 5.65. The van der Waals surface area contributed by atoms with Crippen molar-refractivity contribution in [1.82, 2.24) is 4.90 Å². The molecule has 1 aliphatic heterocycles. The maximum absolute atomic E-state index is 12.7. The van der Waals surface area contributed by atoms with E-state index in [2.05, 4.69) is 10.2 Å². The summed E-state index contributed by atoms with van der Waals surface area (Å²) in [5, 5.41) is 9.08. The lowest BCUT2D eigenvalue weighted by Gasteiger charge is -2.16. The molecule has 140 valence electrons. The summed E-state index contributed by atoms with van der Waals surface area (Å²) >= 11 is 1.48. The summed E-state index contributed by atoms with van der Waals surface area (Å²) in [6, 6.07) is 15.8. The van der Waals surface area contributed by atoms with Gasteiger partial charge in [-0.05, 0) is 36.6 Å². The maximum atomic E-state index is 12.7. The van der Waals surface area contributed by atoms with E-state index in [0.29, 0.717) is 11.7 Å². The number of hydrogen-bond acceptors (Lipinski definition) is 5. The van der Waals surface area contributed by atoms with Crippen molar-refractivity contribution in [3.8, 4) is 5.75 Å². The Morgan fingerprint density at radius 3 is 2.48 bits per heavy atom. The number of amides is 1. The number of amidine groups is 1. The first-order valence-corrected chi connectivity index (χ1v) is 9.77. The molecule has 0 spiro atoms. The standard InChI is InChI=1S/C21H23N3O2S/c1-4-19-20(25)24(14-17-9-11-18(26-3)12-10-17)21(27-19)23-22-13-16-7-5-15(2)6-8-16/h5-13,19H,4,14H2,1-3H3/b22-13-,23-21+/t19-/m0/s1. The molecule has 0 aromatic heterocycles. The Morgan fingerprint density at radius 1 is 1.15 bits per heavy atom. The second-order valence-corrected chi connectivity index (χ2v) is 7.49. The highest BCUT2D eigenvalue weighted by molar-refractivity contribution is 8.15. The van der Waals surface area contributed by atoms with Crippen molar-refractivity contribution in [1.29, 1.82) is 0 Å². The van der Waals surface area contributed by atoms with Gasteiger partial charge in [0.05, 0.1) is 25.1 Å². The topological polar surface area (TPSA) is 54.3 Å². The predicted molar refractivity (Wildman–Crippen MR) is 111 cm³/mol. The van der Waals surface area contributed by atoms with Gasteiger partial charge in [0.1, 0.15) is 5.75 Å². The van der Waals surface area contributed by atoms with Crippen LogP contribution in [0.4, 0.5) is 0 Å². The molecule has 3 rings (SSSR count). The van der Waals surface area contributed by atoms with E-state index in [0.717, 1.165) is 23.3 Å². The number of rotatable bonds is 6. The fourth-order valence-electron chi connectivity index (χ4n) is 2.70. The van der Waals surface area contributed by atoms with Crippen LogP contribution >= 0.6 is 11.8 Å². The van der Waals surface area contributed by atoms with Crippen molar-refractivity contribution < 1.29 is 9.53 Å². The Bertz CT molecular complexity index is 845. The first-order valence-electron chi connectivity index (χ1n) is 8.89. The molecular formula is C21H23N3O2S. The van der Waals surface area contributed by atoms with Crippen LogP contribution in [0, 0.1) is 6.92 Å². The summed E-state index contributed by atoms with van der Waals surface area (Å²) in [6.45, 7) is 4.54. The van der Waals surface area contributed by atoms with E-state index < -0.39 is 0 Å². The van der Waals surface area contributed by atoms with Gasteiger partial charge in [0.25, 0.3) is 0 Å². The highest BCUT2D eigenvalue weighted by Gasteiger charge is 2.36. The molecule has 0 N–H and O–H groups in total. The van der Waals surface area contributed by atoms with Crippen molar-refractivity contribution >= 4 is 29.1 Å². The van der Waals surface area contributed by atoms with E-state index in [4.69, 9.17) is 4.74 Å². The number of thioether (sulfide) groups is 1. The third-order valence-electron chi connectivity index (χ3n) is 4.32. The first-order chi connectivity index (χ1) is 13.1. The Labute approximate surface area is 164 Å². The Balaban J connectivity index is 1.77. The van der Waals surface area contributed by atoms with Crippen molar-refractivity contribution in [2.45, 2.75) is 32.1 Å². The van der Waals surface area contributed by atoms with Crippen LogP contribution in [0.25, 0.3) is 0 Å². The van der Waals surface area contributed by atoms with Gasteiger partial charge in [-0.1, -0.05) is 60.6 Å². The quantitative estimate of drug-likeness (QED) is 0.555. The van der Waals surface area contributed by atoms with Gasteiger partial charge >= 0.3 is 0 Å². The van der Waals surface area contributed by atoms with Crippen LogP contribution in [-0.4, -0.2) is 34.5 Å². The monoisotopic (exact) mass is 381 g/mol. The van der Waals surface area contributed by atoms with Gasteiger partial charge in [-0.3, -0.25) is 9.69 Å². The third kappa shape index (κ3) is 4.77. The SMILES string of the molecule is CC[C@@H]1S/C(=N/N=C\c2ccc(C)cc2)N(Cc2ccc(OC)cc2)C1=O. The van der Waals surface area contributed by atoms with Gasteiger partial charge in [-0.2, -0.15) is 5.10 Å². The van der Waals surface area contributed by atoms with Crippen LogP contribution in [0.1, 0.15) is 30.0 Å². The molecule has 1 fully saturated rings. The van der Waals surface area contributed by atoms with E-state index >= 15 is 0 Å². The lowest BCUT2D eigenvalue weighted by atomic mass is 10.2. The molecule has 2 aromatic carbocycles. The number of benzene rings is 2. The number of aryl methyl sites for hydroxylation is 1. The fraction of sp³-hybridized carbons (Fsp3) is 0.286. The van der Waals surface area contributed by atoms with Crippen LogP contribution in [0.2, 0.25) is 0 Å². The molecule has 2 aromatic rings. The van der Waals surface area contributed by atoms with Gasteiger partial charge in [0, 0.05) is 0 Å². The average Bonchev–Trinajstić information content (AvgIpc) is 2.99. The highest BCUT2D eigenvalue weighted by Crippen LogP contribution is 2.31. The van der Waals surface area contributed by atoms with Crippen molar-refractivity contribution in [2.75, 3.05) is 7.11 Å². The molecule has 0 unspecified atom stereocenters. The van der Waals surface area contributed by atoms with E-state index in [-0.39, 0.29) is 11.2 Å². The number of hydrogen-bond donors (Lipinski definition) is 0. The molecule has 1 amide bonds. The van der Waals surface area contributed by atoms with Crippen molar-refractivity contribution in [2.24, 2.45) is 10.2 Å². The summed E-state index contributed by atoms with van der Waals surface area (Å²) < 4.78 is 5.19. The zero-order valence-corrected chi connectivity index (χ0v) is 16.6. The summed E-state index contributed by atoms with van der Waals surface area (Å²) in [4.78, 5) is 14.4. The number of nitrogens with zero attached hydrogens (tertiary/aromatic N) is 3. The average molecular weight is 382 g/mol. The summed E-state index contributed by atoms with van der Waals surface area (Å²) in [5.74, 6) is 0.881. The molecule has 0 aliphatic carbocycles. The minimum atomic E-state index is -0.100. The van der Waals surface area contributed by atoms with Gasteiger partial charge < -0.3 is 4.74 Å². The predicted octanol–water partition coefficient (Wildman–Crippen LogP) is 4.25. The number of carbonyl (C=O) groups is 1. The van der Waals surface area contributed by atoms with E-state index in [1.807, 2.05) is 62.4 Å². The van der Waals surface area contributed by atoms with Crippen LogP contribution < -0.4 is 4.74 Å². The minimum absolute atomic E-state index is 0.0857. The molecule has 6 heteroatoms. The maximum Gasteiger partial charge on any atom is 0.242 e. The van der Waals surface area contributed by atoms with Crippen LogP contribution in [0.3, 0.4) is 0 Å². The zero-order chi connectivity index (χ0) is 19.2. The van der Waals surface area contributed by atoms with Gasteiger partial charge in [-0.25, -0.2) is 0 Å². The smallest absolute Gasteiger partial charge is 0.242 e.